The summed E-state index contributed by atoms with van der Waals surface area (Å²) in [6.45, 7) is 5.03. The number of aromatic carboxylic acids is 1. The number of hydrogen-bond acceptors (Lipinski definition) is 3. The average Bonchev–Trinajstić information content (AvgIpc) is 2.37. The van der Waals surface area contributed by atoms with E-state index in [1.165, 1.54) is 7.11 Å². The summed E-state index contributed by atoms with van der Waals surface area (Å²) in [6.07, 6.45) is 1.07. The second-order valence-electron chi connectivity index (χ2n) is 4.51. The van der Waals surface area contributed by atoms with Crippen LogP contribution in [0.3, 0.4) is 0 Å². The minimum Gasteiger partial charge on any atom is -0.496 e. The number of nitrogens with zero attached hydrogens (tertiary/aromatic N) is 1. The van der Waals surface area contributed by atoms with Gasteiger partial charge >= 0.3 is 5.97 Å². The van der Waals surface area contributed by atoms with Gasteiger partial charge in [0.25, 0.3) is 0 Å². The summed E-state index contributed by atoms with van der Waals surface area (Å²) in [5, 5.41) is 9.12. The summed E-state index contributed by atoms with van der Waals surface area (Å²) in [7, 11) is 3.52. The zero-order chi connectivity index (χ0) is 13.7. The molecule has 1 rings (SSSR count). The van der Waals surface area contributed by atoms with Crippen LogP contribution in [0.25, 0.3) is 0 Å². The largest absolute Gasteiger partial charge is 0.496 e. The maximum absolute atomic E-state index is 11.1. The van der Waals surface area contributed by atoms with Crippen molar-refractivity contribution in [1.29, 1.82) is 0 Å². The molecule has 0 bridgehead atoms. The third kappa shape index (κ3) is 3.47. The number of carbonyl (C=O) groups is 1. The molecule has 4 nitrogen and oxygen atoms in total. The van der Waals surface area contributed by atoms with Crippen molar-refractivity contribution in [2.24, 2.45) is 0 Å². The van der Waals surface area contributed by atoms with Gasteiger partial charge in [-0.05, 0) is 38.1 Å². The number of carboxylic acids is 1. The van der Waals surface area contributed by atoms with Crippen LogP contribution in [0.5, 0.6) is 5.75 Å². The molecule has 0 spiro atoms. The van der Waals surface area contributed by atoms with Crippen molar-refractivity contribution >= 4 is 5.97 Å². The van der Waals surface area contributed by atoms with Crippen LogP contribution < -0.4 is 4.74 Å². The highest BCUT2D eigenvalue weighted by molar-refractivity contribution is 5.91. The number of rotatable bonds is 6. The zero-order valence-corrected chi connectivity index (χ0v) is 11.4. The molecule has 1 aromatic carbocycles. The molecule has 4 heteroatoms. The first-order valence-corrected chi connectivity index (χ1v) is 6.10. The van der Waals surface area contributed by atoms with Gasteiger partial charge in [-0.2, -0.15) is 0 Å². The molecular weight excluding hydrogens is 230 g/mol. The van der Waals surface area contributed by atoms with Crippen molar-refractivity contribution in [3.63, 3.8) is 0 Å². The molecule has 1 unspecified atom stereocenters. The molecule has 0 amide bonds. The number of ether oxygens (including phenoxy) is 1. The maximum atomic E-state index is 11.1. The Morgan fingerprint density at radius 3 is 2.67 bits per heavy atom. The van der Waals surface area contributed by atoms with Gasteiger partial charge < -0.3 is 9.84 Å². The first-order valence-electron chi connectivity index (χ1n) is 6.10. The van der Waals surface area contributed by atoms with Gasteiger partial charge in [-0.15, -0.1) is 0 Å². The van der Waals surface area contributed by atoms with Gasteiger partial charge in [0.1, 0.15) is 11.3 Å². The molecule has 1 N–H and O–H groups in total. The van der Waals surface area contributed by atoms with Gasteiger partial charge in [-0.1, -0.05) is 13.0 Å². The van der Waals surface area contributed by atoms with Crippen LogP contribution in [-0.4, -0.2) is 36.2 Å². The topological polar surface area (TPSA) is 49.8 Å². The van der Waals surface area contributed by atoms with Gasteiger partial charge in [-0.25, -0.2) is 4.79 Å². The lowest BCUT2D eigenvalue weighted by molar-refractivity contribution is 0.0693. The summed E-state index contributed by atoms with van der Waals surface area (Å²) in [4.78, 5) is 13.3. The molecule has 0 saturated heterocycles. The van der Waals surface area contributed by atoms with Gasteiger partial charge in [-0.3, -0.25) is 4.90 Å². The van der Waals surface area contributed by atoms with E-state index in [0.717, 1.165) is 18.5 Å². The summed E-state index contributed by atoms with van der Waals surface area (Å²) < 4.78 is 5.04. The highest BCUT2D eigenvalue weighted by atomic mass is 16.5. The molecule has 0 heterocycles. The lowest BCUT2D eigenvalue weighted by Crippen LogP contribution is -2.27. The van der Waals surface area contributed by atoms with E-state index in [1.54, 1.807) is 12.1 Å². The second-order valence-corrected chi connectivity index (χ2v) is 4.51. The number of benzene rings is 1. The van der Waals surface area contributed by atoms with Crippen LogP contribution in [0.1, 0.15) is 36.2 Å². The molecule has 0 aliphatic carbocycles. The molecule has 0 aliphatic heterocycles. The Balaban J connectivity index is 2.91. The minimum absolute atomic E-state index is 0.215. The van der Waals surface area contributed by atoms with Crippen LogP contribution in [0.2, 0.25) is 0 Å². The third-order valence-electron chi connectivity index (χ3n) is 3.27. The zero-order valence-electron chi connectivity index (χ0n) is 11.4. The molecular formula is C14H21NO3. The van der Waals surface area contributed by atoms with Crippen molar-refractivity contribution in [2.75, 3.05) is 14.2 Å². The fourth-order valence-corrected chi connectivity index (χ4v) is 1.78. The highest BCUT2D eigenvalue weighted by Gasteiger charge is 2.13. The minimum atomic E-state index is -0.958. The van der Waals surface area contributed by atoms with Crippen LogP contribution in [0.4, 0.5) is 0 Å². The van der Waals surface area contributed by atoms with Gasteiger partial charge in [0, 0.05) is 12.6 Å². The molecule has 100 valence electrons. The summed E-state index contributed by atoms with van der Waals surface area (Å²) in [5.41, 5.74) is 1.20. The van der Waals surface area contributed by atoms with Crippen molar-refractivity contribution in [2.45, 2.75) is 32.9 Å². The quantitative estimate of drug-likeness (QED) is 0.844. The second kappa shape index (κ2) is 6.40. The summed E-state index contributed by atoms with van der Waals surface area (Å²) >= 11 is 0. The van der Waals surface area contributed by atoms with Crippen LogP contribution in [0.15, 0.2) is 18.2 Å². The highest BCUT2D eigenvalue weighted by Crippen LogP contribution is 2.21. The van der Waals surface area contributed by atoms with E-state index < -0.39 is 5.97 Å². The fraction of sp³-hybridized carbons (Fsp3) is 0.500. The van der Waals surface area contributed by atoms with Gasteiger partial charge in [0.05, 0.1) is 7.11 Å². The lowest BCUT2D eigenvalue weighted by Gasteiger charge is -2.23. The predicted molar refractivity (Wildman–Crippen MR) is 71.2 cm³/mol. The summed E-state index contributed by atoms with van der Waals surface area (Å²) in [6, 6.07) is 5.77. The first-order chi connectivity index (χ1) is 8.49. The van der Waals surface area contributed by atoms with Crippen molar-refractivity contribution in [3.05, 3.63) is 29.3 Å². The Morgan fingerprint density at radius 1 is 1.50 bits per heavy atom. The predicted octanol–water partition coefficient (Wildman–Crippen LogP) is 2.62. The Kier molecular flexibility index (Phi) is 5.16. The summed E-state index contributed by atoms with van der Waals surface area (Å²) in [5.74, 6) is -0.558. The standard InChI is InChI=1S/C14H21NO3/c1-5-10(2)15(3)9-11-6-7-13(18-4)12(8-11)14(16)17/h6-8,10H,5,9H2,1-4H3,(H,16,17). The molecule has 1 atom stereocenters. The number of methoxy groups -OCH3 is 1. The maximum Gasteiger partial charge on any atom is 0.339 e. The molecule has 1 aromatic rings. The third-order valence-corrected chi connectivity index (χ3v) is 3.27. The Morgan fingerprint density at radius 2 is 2.17 bits per heavy atom. The van der Waals surface area contributed by atoms with E-state index in [9.17, 15) is 4.79 Å². The van der Waals surface area contributed by atoms with E-state index in [4.69, 9.17) is 9.84 Å². The van der Waals surface area contributed by atoms with Crippen molar-refractivity contribution in [1.82, 2.24) is 4.90 Å². The average molecular weight is 251 g/mol. The SMILES string of the molecule is CCC(C)N(C)Cc1ccc(OC)c(C(=O)O)c1. The fourth-order valence-electron chi connectivity index (χ4n) is 1.78. The normalized spacial score (nSPS) is 12.5. The van der Waals surface area contributed by atoms with E-state index in [2.05, 4.69) is 18.7 Å². The Hall–Kier alpha value is -1.55. The van der Waals surface area contributed by atoms with Gasteiger partial charge in [0.15, 0.2) is 0 Å². The molecule has 0 saturated carbocycles. The van der Waals surface area contributed by atoms with Crippen LogP contribution in [-0.2, 0) is 6.54 Å². The van der Waals surface area contributed by atoms with Crippen LogP contribution in [0, 0.1) is 0 Å². The van der Waals surface area contributed by atoms with E-state index in [-0.39, 0.29) is 5.56 Å². The molecule has 0 fully saturated rings. The van der Waals surface area contributed by atoms with E-state index in [0.29, 0.717) is 11.8 Å². The van der Waals surface area contributed by atoms with Gasteiger partial charge in [0.2, 0.25) is 0 Å². The van der Waals surface area contributed by atoms with Crippen molar-refractivity contribution in [3.8, 4) is 5.75 Å². The van der Waals surface area contributed by atoms with Crippen molar-refractivity contribution < 1.29 is 14.6 Å². The first kappa shape index (κ1) is 14.5. The molecule has 0 aliphatic rings. The van der Waals surface area contributed by atoms with E-state index >= 15 is 0 Å². The molecule has 0 radical (unpaired) electrons. The Bertz CT molecular complexity index is 418. The Labute approximate surface area is 108 Å². The smallest absolute Gasteiger partial charge is 0.339 e. The monoisotopic (exact) mass is 251 g/mol. The van der Waals surface area contributed by atoms with E-state index in [1.807, 2.05) is 13.1 Å². The lowest BCUT2D eigenvalue weighted by atomic mass is 10.1. The molecule has 18 heavy (non-hydrogen) atoms. The molecule has 0 aromatic heterocycles. The van der Waals surface area contributed by atoms with Crippen LogP contribution >= 0.6 is 0 Å². The number of hydrogen-bond donors (Lipinski definition) is 1. The number of carboxylic acid groups (broad SMARTS) is 1.